The molecular formula is C34H41N5OS. The van der Waals surface area contributed by atoms with Gasteiger partial charge in [-0.15, -0.1) is 0 Å². The van der Waals surface area contributed by atoms with E-state index < -0.39 is 0 Å². The first kappa shape index (κ1) is 30.1. The molecule has 0 aliphatic carbocycles. The van der Waals surface area contributed by atoms with Gasteiger partial charge in [0.1, 0.15) is 16.5 Å². The molecule has 0 radical (unpaired) electrons. The van der Waals surface area contributed by atoms with E-state index in [1.807, 2.05) is 49.4 Å². The van der Waals surface area contributed by atoms with Gasteiger partial charge in [0.05, 0.1) is 0 Å². The molecule has 0 saturated heterocycles. The number of nitrogens with zero attached hydrogens (tertiary/aromatic N) is 4. The van der Waals surface area contributed by atoms with Crippen LogP contribution in [0.15, 0.2) is 96.0 Å². The van der Waals surface area contributed by atoms with E-state index in [1.165, 1.54) is 11.3 Å². The number of nitrogens with one attached hydrogen (secondary N) is 1. The number of hydrogen-bond donors (Lipinski definition) is 1. The highest BCUT2D eigenvalue weighted by Gasteiger charge is 2.22. The minimum absolute atomic E-state index is 0.0192. The summed E-state index contributed by atoms with van der Waals surface area (Å²) in [5, 5.41) is 4.04. The Labute approximate surface area is 249 Å². The minimum Gasteiger partial charge on any atom is -0.372 e. The smallest absolute Gasteiger partial charge is 0.224 e. The summed E-state index contributed by atoms with van der Waals surface area (Å²) in [6, 6.07) is 31.0. The van der Waals surface area contributed by atoms with Crippen molar-refractivity contribution in [1.29, 1.82) is 0 Å². The van der Waals surface area contributed by atoms with Crippen LogP contribution in [0.4, 0.5) is 22.9 Å². The predicted octanol–water partition coefficient (Wildman–Crippen LogP) is 8.26. The van der Waals surface area contributed by atoms with Crippen LogP contribution in [0, 0.1) is 6.92 Å². The molecule has 0 atom stereocenters. The van der Waals surface area contributed by atoms with Gasteiger partial charge >= 0.3 is 0 Å². The molecule has 0 bridgehead atoms. The van der Waals surface area contributed by atoms with E-state index >= 15 is 0 Å². The van der Waals surface area contributed by atoms with Crippen molar-refractivity contribution in [3.8, 4) is 0 Å². The van der Waals surface area contributed by atoms with Gasteiger partial charge in [-0.3, -0.25) is 4.79 Å². The number of carbonyl (C=O) groups excluding carboxylic acids is 1. The van der Waals surface area contributed by atoms with Crippen LogP contribution in [0.2, 0.25) is 0 Å². The third-order valence-corrected chi connectivity index (χ3v) is 7.72. The number of carbonyl (C=O) groups is 1. The van der Waals surface area contributed by atoms with E-state index in [0.29, 0.717) is 17.9 Å². The van der Waals surface area contributed by atoms with Gasteiger partial charge in [0, 0.05) is 43.2 Å². The number of para-hydroxylation sites is 2. The fourth-order valence-corrected chi connectivity index (χ4v) is 5.75. The fourth-order valence-electron chi connectivity index (χ4n) is 4.77. The Morgan fingerprint density at radius 2 is 1.39 bits per heavy atom. The first-order valence-corrected chi connectivity index (χ1v) is 15.5. The van der Waals surface area contributed by atoms with Crippen LogP contribution in [-0.4, -0.2) is 35.5 Å². The number of aromatic nitrogens is 2. The standard InChI is InChI=1S/C34H41N5OS/c1-4-23-38(29-18-11-7-12-19-29)25-15-22-31(40)37-32-33(39(24-5-2)30-20-13-8-14-21-30)35-27(3)36-34(32)41-26-28-16-9-6-10-17-28/h6-14,16-21H,4-5,15,22-26H2,1-3H3,(H,37,40). The maximum atomic E-state index is 13.5. The predicted molar refractivity (Wildman–Crippen MR) is 173 cm³/mol. The fraction of sp³-hybridized carbons (Fsp3) is 0.324. The van der Waals surface area contributed by atoms with Gasteiger partial charge < -0.3 is 15.1 Å². The van der Waals surface area contributed by atoms with Crippen molar-refractivity contribution in [2.75, 3.05) is 34.8 Å². The van der Waals surface area contributed by atoms with Crippen LogP contribution in [0.5, 0.6) is 0 Å². The lowest BCUT2D eigenvalue weighted by atomic mass is 10.2. The van der Waals surface area contributed by atoms with Gasteiger partial charge in [0.25, 0.3) is 0 Å². The van der Waals surface area contributed by atoms with Crippen LogP contribution >= 0.6 is 11.8 Å². The number of rotatable bonds is 15. The summed E-state index contributed by atoms with van der Waals surface area (Å²) in [4.78, 5) is 27.7. The summed E-state index contributed by atoms with van der Waals surface area (Å²) in [7, 11) is 0. The summed E-state index contributed by atoms with van der Waals surface area (Å²) in [5.74, 6) is 2.16. The number of thioether (sulfide) groups is 1. The molecule has 1 aromatic heterocycles. The molecule has 0 spiro atoms. The highest BCUT2D eigenvalue weighted by atomic mass is 32.2. The van der Waals surface area contributed by atoms with Crippen LogP contribution in [0.3, 0.4) is 0 Å². The van der Waals surface area contributed by atoms with E-state index in [-0.39, 0.29) is 5.91 Å². The second-order valence-corrected chi connectivity index (χ2v) is 11.0. The third kappa shape index (κ3) is 8.82. The summed E-state index contributed by atoms with van der Waals surface area (Å²) in [5.41, 5.74) is 4.13. The van der Waals surface area contributed by atoms with Gasteiger partial charge in [-0.05, 0) is 56.0 Å². The van der Waals surface area contributed by atoms with Crippen LogP contribution in [-0.2, 0) is 10.5 Å². The van der Waals surface area contributed by atoms with Gasteiger partial charge in [-0.1, -0.05) is 92.3 Å². The van der Waals surface area contributed by atoms with E-state index in [4.69, 9.17) is 9.97 Å². The summed E-state index contributed by atoms with van der Waals surface area (Å²) < 4.78 is 0. The van der Waals surface area contributed by atoms with Gasteiger partial charge in [0.2, 0.25) is 5.91 Å². The lowest BCUT2D eigenvalue weighted by Crippen LogP contribution is -2.27. The molecule has 0 aliphatic heterocycles. The van der Waals surface area contributed by atoms with Gasteiger partial charge in [-0.25, -0.2) is 9.97 Å². The SMILES string of the molecule is CCCN(CCCC(=O)Nc1c(SCc2ccccc2)nc(C)nc1N(CCC)c1ccccc1)c1ccccc1. The summed E-state index contributed by atoms with van der Waals surface area (Å²) in [6.45, 7) is 8.82. The van der Waals surface area contributed by atoms with Crippen molar-refractivity contribution in [2.24, 2.45) is 0 Å². The minimum atomic E-state index is -0.0192. The normalized spacial score (nSPS) is 10.8. The molecule has 4 aromatic rings. The van der Waals surface area contributed by atoms with Crippen molar-refractivity contribution in [1.82, 2.24) is 9.97 Å². The zero-order chi connectivity index (χ0) is 28.9. The zero-order valence-corrected chi connectivity index (χ0v) is 25.2. The summed E-state index contributed by atoms with van der Waals surface area (Å²) in [6.07, 6.45) is 3.17. The molecule has 1 N–H and O–H groups in total. The van der Waals surface area contributed by atoms with Crippen molar-refractivity contribution in [3.63, 3.8) is 0 Å². The topological polar surface area (TPSA) is 61.4 Å². The zero-order valence-electron chi connectivity index (χ0n) is 24.4. The van der Waals surface area contributed by atoms with E-state index in [1.54, 1.807) is 11.8 Å². The largest absolute Gasteiger partial charge is 0.372 e. The Morgan fingerprint density at radius 1 is 0.780 bits per heavy atom. The molecule has 6 nitrogen and oxygen atoms in total. The highest BCUT2D eigenvalue weighted by Crippen LogP contribution is 2.38. The average molecular weight is 568 g/mol. The van der Waals surface area contributed by atoms with Crippen molar-refractivity contribution in [2.45, 2.75) is 57.2 Å². The van der Waals surface area contributed by atoms with Gasteiger partial charge in [0.15, 0.2) is 5.82 Å². The van der Waals surface area contributed by atoms with Crippen LogP contribution in [0.1, 0.15) is 50.9 Å². The number of hydrogen-bond acceptors (Lipinski definition) is 6. The first-order valence-electron chi connectivity index (χ1n) is 14.6. The lowest BCUT2D eigenvalue weighted by Gasteiger charge is -2.27. The van der Waals surface area contributed by atoms with Crippen LogP contribution in [0.25, 0.3) is 0 Å². The molecule has 41 heavy (non-hydrogen) atoms. The summed E-state index contributed by atoms with van der Waals surface area (Å²) >= 11 is 1.63. The van der Waals surface area contributed by atoms with Crippen molar-refractivity contribution >= 4 is 40.5 Å². The molecule has 0 fully saturated rings. The Kier molecular flexibility index (Phi) is 11.6. The first-order chi connectivity index (χ1) is 20.1. The maximum Gasteiger partial charge on any atom is 0.224 e. The molecule has 214 valence electrons. The Bertz CT molecular complexity index is 1350. The molecule has 3 aromatic carbocycles. The molecule has 1 amide bonds. The molecule has 0 saturated carbocycles. The molecule has 4 rings (SSSR count). The van der Waals surface area contributed by atoms with Crippen LogP contribution < -0.4 is 15.1 Å². The van der Waals surface area contributed by atoms with E-state index in [0.717, 1.165) is 61.2 Å². The second-order valence-electron chi connectivity index (χ2n) is 10.0. The van der Waals surface area contributed by atoms with Gasteiger partial charge in [-0.2, -0.15) is 0 Å². The molecular weight excluding hydrogens is 526 g/mol. The quantitative estimate of drug-likeness (QED) is 0.115. The molecule has 0 aliphatic rings. The number of anilines is 4. The molecule has 1 heterocycles. The van der Waals surface area contributed by atoms with Crippen molar-refractivity contribution < 1.29 is 4.79 Å². The Hall–Kier alpha value is -3.84. The van der Waals surface area contributed by atoms with E-state index in [9.17, 15) is 4.79 Å². The Balaban J connectivity index is 1.58. The lowest BCUT2D eigenvalue weighted by molar-refractivity contribution is -0.116. The number of benzene rings is 3. The number of amides is 1. The maximum absolute atomic E-state index is 13.5. The van der Waals surface area contributed by atoms with E-state index in [2.05, 4.69) is 77.5 Å². The highest BCUT2D eigenvalue weighted by molar-refractivity contribution is 7.98. The third-order valence-electron chi connectivity index (χ3n) is 6.67. The average Bonchev–Trinajstić information content (AvgIpc) is 3.01. The second kappa shape index (κ2) is 15.8. The monoisotopic (exact) mass is 567 g/mol. The Morgan fingerprint density at radius 3 is 2.02 bits per heavy atom. The van der Waals surface area contributed by atoms with Crippen molar-refractivity contribution in [3.05, 3.63) is 102 Å². The molecule has 7 heteroatoms. The molecule has 0 unspecified atom stereocenters. The number of aryl methyl sites for hydroxylation is 1.